The van der Waals surface area contributed by atoms with Gasteiger partial charge in [-0.3, -0.25) is 4.79 Å². The number of aryl methyl sites for hydroxylation is 1. The highest BCUT2D eigenvalue weighted by molar-refractivity contribution is 5.93. The van der Waals surface area contributed by atoms with Crippen molar-refractivity contribution in [3.63, 3.8) is 0 Å². The molecule has 2 N–H and O–H groups in total. The van der Waals surface area contributed by atoms with E-state index >= 15 is 0 Å². The van der Waals surface area contributed by atoms with Crippen LogP contribution < -0.4 is 14.8 Å². The summed E-state index contributed by atoms with van der Waals surface area (Å²) < 4.78 is 52.8. The van der Waals surface area contributed by atoms with E-state index in [1.165, 1.54) is 0 Å². The Morgan fingerprint density at radius 2 is 2.00 bits per heavy atom. The molecule has 2 aliphatic heterocycles. The van der Waals surface area contributed by atoms with Crippen LogP contribution in [0, 0.1) is 0 Å². The number of halogens is 3. The number of nitrogens with zero attached hydrogens (tertiary/aromatic N) is 2. The van der Waals surface area contributed by atoms with Gasteiger partial charge in [-0.1, -0.05) is 6.92 Å². The van der Waals surface area contributed by atoms with Gasteiger partial charge in [0.2, 0.25) is 5.91 Å². The lowest BCUT2D eigenvalue weighted by Crippen LogP contribution is -2.20. The van der Waals surface area contributed by atoms with Crippen molar-refractivity contribution in [3.05, 3.63) is 70.7 Å². The van der Waals surface area contributed by atoms with Crippen LogP contribution in [-0.4, -0.2) is 27.0 Å². The second kappa shape index (κ2) is 7.71. The number of pyridine rings is 1. The van der Waals surface area contributed by atoms with Crippen LogP contribution in [0.2, 0.25) is 0 Å². The van der Waals surface area contributed by atoms with Crippen molar-refractivity contribution >= 4 is 22.8 Å². The molecule has 7 rings (SSSR count). The van der Waals surface area contributed by atoms with Gasteiger partial charge in [-0.2, -0.15) is 13.2 Å². The average Bonchev–Trinajstić information content (AvgIpc) is 3.22. The first kappa shape index (κ1) is 22.1. The Kier molecular flexibility index (Phi) is 4.61. The number of nitrogens with one attached hydrogen (secondary N) is 2. The average molecular weight is 506 g/mol. The standard InChI is InChI=1S/C27H21F3N4O3/c1-2-12-9-17-18(11-16(12)27(28,29)30)33-26(32-17)23-22-15-10-13(3-5-19(15)37-24(22)23)36-20-7-8-31-25-14(20)4-6-21(35)34-25/h3,5,7-11,22-24H,2,4,6H2,1H3,(H,32,33)(H,31,34,35)/t22-,23-,24-/m0/s1. The van der Waals surface area contributed by atoms with E-state index in [-0.39, 0.29) is 35.8 Å². The number of hydrogen-bond acceptors (Lipinski definition) is 5. The summed E-state index contributed by atoms with van der Waals surface area (Å²) in [5.74, 6) is 3.09. The predicted molar refractivity (Wildman–Crippen MR) is 128 cm³/mol. The molecule has 7 nitrogen and oxygen atoms in total. The molecule has 1 fully saturated rings. The third-order valence-electron chi connectivity index (χ3n) is 7.39. The number of aromatic nitrogens is 3. The number of fused-ring (bicyclic) bond motifs is 5. The second-order valence-corrected chi connectivity index (χ2v) is 9.62. The lowest BCUT2D eigenvalue weighted by atomic mass is 10.0. The summed E-state index contributed by atoms with van der Waals surface area (Å²) in [6.45, 7) is 1.71. The molecule has 0 saturated heterocycles. The molecule has 1 saturated carbocycles. The number of H-pyrrole nitrogens is 1. The van der Waals surface area contributed by atoms with Gasteiger partial charge in [-0.15, -0.1) is 0 Å². The van der Waals surface area contributed by atoms with E-state index in [2.05, 4.69) is 20.3 Å². The third kappa shape index (κ3) is 3.53. The van der Waals surface area contributed by atoms with Crippen LogP contribution in [-0.2, 0) is 23.8 Å². The topological polar surface area (TPSA) is 89.1 Å². The molecule has 10 heteroatoms. The normalized spacial score (nSPS) is 21.6. The van der Waals surface area contributed by atoms with Crippen molar-refractivity contribution in [2.45, 2.75) is 50.3 Å². The Morgan fingerprint density at radius 3 is 2.81 bits per heavy atom. The van der Waals surface area contributed by atoms with E-state index in [0.717, 1.165) is 22.9 Å². The number of aromatic amines is 1. The van der Waals surface area contributed by atoms with Crippen molar-refractivity contribution < 1.29 is 27.4 Å². The minimum atomic E-state index is -4.42. The predicted octanol–water partition coefficient (Wildman–Crippen LogP) is 5.86. The molecule has 0 unspecified atom stereocenters. The zero-order valence-corrected chi connectivity index (χ0v) is 19.6. The largest absolute Gasteiger partial charge is 0.489 e. The van der Waals surface area contributed by atoms with Crippen LogP contribution in [0.5, 0.6) is 17.2 Å². The van der Waals surface area contributed by atoms with Crippen molar-refractivity contribution in [1.29, 1.82) is 0 Å². The maximum atomic E-state index is 13.5. The number of ether oxygens (including phenoxy) is 2. The molecule has 2 aromatic carbocycles. The Labute approximate surface area is 209 Å². The maximum absolute atomic E-state index is 13.5. The van der Waals surface area contributed by atoms with E-state index in [0.29, 0.717) is 47.0 Å². The molecular weight excluding hydrogens is 485 g/mol. The molecular formula is C27H21F3N4O3. The van der Waals surface area contributed by atoms with E-state index in [1.807, 2.05) is 18.2 Å². The fourth-order valence-electron chi connectivity index (χ4n) is 5.55. The van der Waals surface area contributed by atoms with Gasteiger partial charge in [0, 0.05) is 29.7 Å². The minimum Gasteiger partial charge on any atom is -0.489 e. The number of amides is 1. The van der Waals surface area contributed by atoms with Gasteiger partial charge < -0.3 is 19.8 Å². The molecule has 37 heavy (non-hydrogen) atoms. The first-order valence-corrected chi connectivity index (χ1v) is 12.2. The number of carbonyl (C=O) groups is 1. The fourth-order valence-corrected chi connectivity index (χ4v) is 5.55. The lowest BCUT2D eigenvalue weighted by Gasteiger charge is -2.19. The molecule has 3 aliphatic rings. The Hall–Kier alpha value is -4.08. The zero-order valence-electron chi connectivity index (χ0n) is 19.6. The smallest absolute Gasteiger partial charge is 0.416 e. The summed E-state index contributed by atoms with van der Waals surface area (Å²) in [5.41, 5.74) is 2.33. The van der Waals surface area contributed by atoms with Gasteiger partial charge in [-0.25, -0.2) is 9.97 Å². The summed E-state index contributed by atoms with van der Waals surface area (Å²) in [7, 11) is 0. The molecule has 2 aromatic heterocycles. The SMILES string of the molecule is CCc1cc2[nH]c([C@@H]3[C@H]4Oc5ccc(Oc6ccnc7c6CCC(=O)N7)cc5[C@H]43)nc2cc1C(F)(F)F. The van der Waals surface area contributed by atoms with Crippen LogP contribution in [0.4, 0.5) is 19.0 Å². The molecule has 4 heterocycles. The summed E-state index contributed by atoms with van der Waals surface area (Å²) in [6.07, 6.45) is -1.75. The summed E-state index contributed by atoms with van der Waals surface area (Å²) in [5, 5.41) is 2.77. The molecule has 1 amide bonds. The van der Waals surface area contributed by atoms with Crippen LogP contribution in [0.25, 0.3) is 11.0 Å². The van der Waals surface area contributed by atoms with Gasteiger partial charge >= 0.3 is 6.18 Å². The Morgan fingerprint density at radius 1 is 1.14 bits per heavy atom. The molecule has 3 atom stereocenters. The number of alkyl halides is 3. The molecule has 0 bridgehead atoms. The minimum absolute atomic E-state index is 0.0393. The molecule has 4 aromatic rings. The highest BCUT2D eigenvalue weighted by atomic mass is 19.4. The van der Waals surface area contributed by atoms with Crippen LogP contribution in [0.1, 0.15) is 53.3 Å². The summed E-state index contributed by atoms with van der Waals surface area (Å²) >= 11 is 0. The number of hydrogen-bond donors (Lipinski definition) is 2. The van der Waals surface area contributed by atoms with Crippen LogP contribution in [0.3, 0.4) is 0 Å². The highest BCUT2D eigenvalue weighted by Gasteiger charge is 2.61. The first-order valence-electron chi connectivity index (χ1n) is 12.2. The summed E-state index contributed by atoms with van der Waals surface area (Å²) in [4.78, 5) is 23.7. The number of rotatable bonds is 4. The van der Waals surface area contributed by atoms with Crippen molar-refractivity contribution in [2.24, 2.45) is 0 Å². The monoisotopic (exact) mass is 506 g/mol. The third-order valence-corrected chi connectivity index (χ3v) is 7.39. The number of anilines is 1. The van der Waals surface area contributed by atoms with Gasteiger partial charge in [-0.05, 0) is 54.8 Å². The van der Waals surface area contributed by atoms with Gasteiger partial charge in [0.15, 0.2) is 0 Å². The van der Waals surface area contributed by atoms with Gasteiger partial charge in [0.05, 0.1) is 22.5 Å². The zero-order chi connectivity index (χ0) is 25.5. The van der Waals surface area contributed by atoms with Gasteiger partial charge in [0.25, 0.3) is 0 Å². The van der Waals surface area contributed by atoms with E-state index in [9.17, 15) is 18.0 Å². The number of carbonyl (C=O) groups excluding carboxylic acids is 1. The van der Waals surface area contributed by atoms with Crippen molar-refractivity contribution in [1.82, 2.24) is 15.0 Å². The quantitative estimate of drug-likeness (QED) is 0.362. The number of benzene rings is 2. The lowest BCUT2D eigenvalue weighted by molar-refractivity contribution is -0.138. The second-order valence-electron chi connectivity index (χ2n) is 9.62. The molecule has 1 aliphatic carbocycles. The molecule has 188 valence electrons. The fraction of sp³-hybridized carbons (Fsp3) is 0.296. The van der Waals surface area contributed by atoms with Crippen LogP contribution >= 0.6 is 0 Å². The van der Waals surface area contributed by atoms with Crippen molar-refractivity contribution in [3.8, 4) is 17.2 Å². The van der Waals surface area contributed by atoms with Crippen LogP contribution in [0.15, 0.2) is 42.6 Å². The van der Waals surface area contributed by atoms with E-state index < -0.39 is 11.7 Å². The summed E-state index contributed by atoms with van der Waals surface area (Å²) in [6, 6.07) is 10.1. The van der Waals surface area contributed by atoms with Crippen molar-refractivity contribution in [2.75, 3.05) is 5.32 Å². The number of imidazole rings is 1. The molecule has 0 spiro atoms. The first-order chi connectivity index (χ1) is 17.8. The van der Waals surface area contributed by atoms with E-state index in [4.69, 9.17) is 9.47 Å². The highest BCUT2D eigenvalue weighted by Crippen LogP contribution is 2.63. The Bertz CT molecular complexity index is 1600. The molecule has 0 radical (unpaired) electrons. The maximum Gasteiger partial charge on any atom is 0.416 e. The van der Waals surface area contributed by atoms with E-state index in [1.54, 1.807) is 25.3 Å². The van der Waals surface area contributed by atoms with Gasteiger partial charge in [0.1, 0.15) is 35.0 Å². The Balaban J connectivity index is 1.17.